The first kappa shape index (κ1) is 17.5. The standard InChI is InChI=1S/C19H26ClN3O/c1-15-4-2-3-5-19(15)24-11-10-21-12-16-13-22-23(14-16)18-8-6-17(20)7-9-18/h6-9,13-15,19,21H,2-5,10-12H2,1H3. The second-order valence-corrected chi connectivity index (χ2v) is 7.05. The topological polar surface area (TPSA) is 39.1 Å². The van der Waals surface area contributed by atoms with E-state index in [1.165, 1.54) is 25.7 Å². The molecule has 2 unspecified atom stereocenters. The van der Waals surface area contributed by atoms with E-state index in [0.717, 1.165) is 36.0 Å². The smallest absolute Gasteiger partial charge is 0.0646 e. The summed E-state index contributed by atoms with van der Waals surface area (Å²) in [5, 5.41) is 8.57. The van der Waals surface area contributed by atoms with Crippen molar-refractivity contribution in [3.63, 3.8) is 0 Å². The van der Waals surface area contributed by atoms with Crippen LogP contribution in [0.2, 0.25) is 5.02 Å². The van der Waals surface area contributed by atoms with E-state index in [9.17, 15) is 0 Å². The molecule has 24 heavy (non-hydrogen) atoms. The van der Waals surface area contributed by atoms with Gasteiger partial charge < -0.3 is 10.1 Å². The van der Waals surface area contributed by atoms with Crippen LogP contribution in [-0.4, -0.2) is 29.0 Å². The van der Waals surface area contributed by atoms with Gasteiger partial charge in [-0.1, -0.05) is 31.4 Å². The highest BCUT2D eigenvalue weighted by Gasteiger charge is 2.21. The first-order valence-corrected chi connectivity index (χ1v) is 9.22. The van der Waals surface area contributed by atoms with Crippen molar-refractivity contribution in [2.24, 2.45) is 5.92 Å². The Morgan fingerprint density at radius 2 is 2.04 bits per heavy atom. The number of hydrogen-bond acceptors (Lipinski definition) is 3. The lowest BCUT2D eigenvalue weighted by atomic mass is 9.88. The number of rotatable bonds is 7. The van der Waals surface area contributed by atoms with Crippen LogP contribution in [0.25, 0.3) is 5.69 Å². The zero-order valence-electron chi connectivity index (χ0n) is 14.2. The van der Waals surface area contributed by atoms with Crippen LogP contribution in [0.5, 0.6) is 0 Å². The van der Waals surface area contributed by atoms with E-state index in [2.05, 4.69) is 17.3 Å². The largest absolute Gasteiger partial charge is 0.377 e. The van der Waals surface area contributed by atoms with Gasteiger partial charge in [-0.15, -0.1) is 0 Å². The Morgan fingerprint density at radius 1 is 1.25 bits per heavy atom. The summed E-state index contributed by atoms with van der Waals surface area (Å²) in [6.07, 6.45) is 9.58. The number of ether oxygens (including phenoxy) is 1. The van der Waals surface area contributed by atoms with Gasteiger partial charge >= 0.3 is 0 Å². The summed E-state index contributed by atoms with van der Waals surface area (Å²) in [5.74, 6) is 0.705. The highest BCUT2D eigenvalue weighted by molar-refractivity contribution is 6.30. The first-order chi connectivity index (χ1) is 11.7. The molecule has 0 bridgehead atoms. The van der Waals surface area contributed by atoms with Crippen molar-refractivity contribution in [1.29, 1.82) is 0 Å². The van der Waals surface area contributed by atoms with E-state index < -0.39 is 0 Å². The lowest BCUT2D eigenvalue weighted by Gasteiger charge is -2.28. The van der Waals surface area contributed by atoms with Crippen molar-refractivity contribution >= 4 is 11.6 Å². The summed E-state index contributed by atoms with van der Waals surface area (Å²) in [6.45, 7) is 4.76. The lowest BCUT2D eigenvalue weighted by molar-refractivity contribution is -0.00322. The van der Waals surface area contributed by atoms with Crippen LogP contribution in [-0.2, 0) is 11.3 Å². The van der Waals surface area contributed by atoms with Gasteiger partial charge in [-0.3, -0.25) is 0 Å². The third-order valence-electron chi connectivity index (χ3n) is 4.70. The van der Waals surface area contributed by atoms with Crippen LogP contribution in [0.15, 0.2) is 36.7 Å². The predicted molar refractivity (Wildman–Crippen MR) is 97.7 cm³/mol. The fourth-order valence-corrected chi connectivity index (χ4v) is 3.36. The third-order valence-corrected chi connectivity index (χ3v) is 4.95. The molecule has 1 N–H and O–H groups in total. The Hall–Kier alpha value is -1.36. The van der Waals surface area contributed by atoms with Gasteiger partial charge in [-0.05, 0) is 43.0 Å². The highest BCUT2D eigenvalue weighted by Crippen LogP contribution is 2.25. The van der Waals surface area contributed by atoms with Crippen molar-refractivity contribution in [2.45, 2.75) is 45.3 Å². The fraction of sp³-hybridized carbons (Fsp3) is 0.526. The Labute approximate surface area is 149 Å². The fourth-order valence-electron chi connectivity index (χ4n) is 3.23. The van der Waals surface area contributed by atoms with Crippen molar-refractivity contribution in [1.82, 2.24) is 15.1 Å². The molecule has 1 aliphatic rings. The summed E-state index contributed by atoms with van der Waals surface area (Å²) in [7, 11) is 0. The van der Waals surface area contributed by atoms with Crippen LogP contribution in [0.4, 0.5) is 0 Å². The van der Waals surface area contributed by atoms with E-state index in [1.807, 2.05) is 41.3 Å². The maximum atomic E-state index is 6.02. The molecule has 3 rings (SSSR count). The average molecular weight is 348 g/mol. The molecule has 2 aromatic rings. The molecular formula is C19H26ClN3O. The average Bonchev–Trinajstić information content (AvgIpc) is 3.06. The molecule has 2 atom stereocenters. The molecule has 0 amide bonds. The second-order valence-electron chi connectivity index (χ2n) is 6.62. The molecule has 130 valence electrons. The van der Waals surface area contributed by atoms with Gasteiger partial charge in [0.15, 0.2) is 0 Å². The van der Waals surface area contributed by atoms with E-state index in [-0.39, 0.29) is 0 Å². The van der Waals surface area contributed by atoms with E-state index >= 15 is 0 Å². The summed E-state index contributed by atoms with van der Waals surface area (Å²) in [4.78, 5) is 0. The van der Waals surface area contributed by atoms with Gasteiger partial charge in [0.05, 0.1) is 24.6 Å². The van der Waals surface area contributed by atoms with Crippen LogP contribution >= 0.6 is 11.6 Å². The van der Waals surface area contributed by atoms with E-state index in [1.54, 1.807) is 0 Å². The van der Waals surface area contributed by atoms with Gasteiger partial charge in [0.1, 0.15) is 0 Å². The zero-order valence-corrected chi connectivity index (χ0v) is 15.0. The number of nitrogens with one attached hydrogen (secondary N) is 1. The van der Waals surface area contributed by atoms with Gasteiger partial charge in [0.2, 0.25) is 0 Å². The van der Waals surface area contributed by atoms with Crippen LogP contribution in [0.1, 0.15) is 38.2 Å². The van der Waals surface area contributed by atoms with Gasteiger partial charge in [0.25, 0.3) is 0 Å². The Kier molecular flexibility index (Phi) is 6.30. The molecule has 1 saturated carbocycles. The SMILES string of the molecule is CC1CCCCC1OCCNCc1cnn(-c2ccc(Cl)cc2)c1. The summed E-state index contributed by atoms with van der Waals surface area (Å²) in [5.41, 5.74) is 2.18. The molecule has 1 aliphatic carbocycles. The minimum Gasteiger partial charge on any atom is -0.377 e. The monoisotopic (exact) mass is 347 g/mol. The highest BCUT2D eigenvalue weighted by atomic mass is 35.5. The molecule has 0 aliphatic heterocycles. The summed E-state index contributed by atoms with van der Waals surface area (Å²) < 4.78 is 7.89. The second kappa shape index (κ2) is 8.65. The van der Waals surface area contributed by atoms with Gasteiger partial charge in [0, 0.05) is 29.9 Å². The minimum absolute atomic E-state index is 0.452. The molecule has 1 aromatic heterocycles. The maximum Gasteiger partial charge on any atom is 0.0646 e. The summed E-state index contributed by atoms with van der Waals surface area (Å²) >= 11 is 5.92. The van der Waals surface area contributed by atoms with Crippen LogP contribution < -0.4 is 5.32 Å². The molecular weight excluding hydrogens is 322 g/mol. The van der Waals surface area contributed by atoms with E-state index in [0.29, 0.717) is 12.0 Å². The van der Waals surface area contributed by atoms with Gasteiger partial charge in [-0.2, -0.15) is 5.10 Å². The predicted octanol–water partition coefficient (Wildman–Crippen LogP) is 4.21. The van der Waals surface area contributed by atoms with Crippen LogP contribution in [0, 0.1) is 5.92 Å². The van der Waals surface area contributed by atoms with Crippen molar-refractivity contribution < 1.29 is 4.74 Å². The zero-order chi connectivity index (χ0) is 16.8. The number of halogens is 1. The number of nitrogens with zero attached hydrogens (tertiary/aromatic N) is 2. The van der Waals surface area contributed by atoms with Gasteiger partial charge in [-0.25, -0.2) is 4.68 Å². The molecule has 4 nitrogen and oxygen atoms in total. The van der Waals surface area contributed by atoms with Crippen LogP contribution in [0.3, 0.4) is 0 Å². The Bertz CT molecular complexity index is 626. The molecule has 5 heteroatoms. The molecule has 0 spiro atoms. The molecule has 1 heterocycles. The minimum atomic E-state index is 0.452. The van der Waals surface area contributed by atoms with Crippen molar-refractivity contribution in [2.75, 3.05) is 13.2 Å². The Balaban J connectivity index is 1.39. The number of benzene rings is 1. The Morgan fingerprint density at radius 3 is 2.83 bits per heavy atom. The first-order valence-electron chi connectivity index (χ1n) is 8.84. The molecule has 1 aromatic carbocycles. The van der Waals surface area contributed by atoms with Crippen molar-refractivity contribution in [3.05, 3.63) is 47.2 Å². The van der Waals surface area contributed by atoms with Crippen molar-refractivity contribution in [3.8, 4) is 5.69 Å². The van der Waals surface area contributed by atoms with E-state index in [4.69, 9.17) is 16.3 Å². The quantitative estimate of drug-likeness (QED) is 0.762. The molecule has 0 saturated heterocycles. The lowest BCUT2D eigenvalue weighted by Crippen LogP contribution is -2.29. The summed E-state index contributed by atoms with van der Waals surface area (Å²) in [6, 6.07) is 7.68. The molecule has 0 radical (unpaired) electrons. The number of hydrogen-bond donors (Lipinski definition) is 1. The normalized spacial score (nSPS) is 21.1. The third kappa shape index (κ3) is 4.82. The molecule has 1 fully saturated rings. The number of aromatic nitrogens is 2. The maximum absolute atomic E-state index is 6.02.